The van der Waals surface area contributed by atoms with Crippen LogP contribution < -0.4 is 0 Å². The Morgan fingerprint density at radius 3 is 2.74 bits per heavy atom. The third-order valence-corrected chi connectivity index (χ3v) is 3.46. The Hall–Kier alpha value is -1.40. The Bertz CT molecular complexity index is 524. The van der Waals surface area contributed by atoms with Crippen LogP contribution in [0.5, 0.6) is 0 Å². The first-order valence-electron chi connectivity index (χ1n) is 5.73. The van der Waals surface area contributed by atoms with Gasteiger partial charge in [-0.05, 0) is 25.3 Å². The lowest BCUT2D eigenvalue weighted by molar-refractivity contribution is -0.143. The summed E-state index contributed by atoms with van der Waals surface area (Å²) in [7, 11) is 0. The van der Waals surface area contributed by atoms with Crippen molar-refractivity contribution >= 4 is 35.1 Å². The van der Waals surface area contributed by atoms with Crippen LogP contribution in [-0.2, 0) is 4.79 Å². The Labute approximate surface area is 119 Å². The first-order valence-corrected chi connectivity index (χ1v) is 6.49. The Balaban J connectivity index is 2.31. The van der Waals surface area contributed by atoms with E-state index in [4.69, 9.17) is 28.3 Å². The fourth-order valence-corrected chi connectivity index (χ4v) is 2.41. The molecule has 8 heteroatoms. The number of aromatic nitrogens is 2. The molecule has 0 unspecified atom stereocenters. The molecular weight excluding hydrogens is 293 g/mol. The van der Waals surface area contributed by atoms with Gasteiger partial charge in [-0.25, -0.2) is 4.79 Å². The molecule has 0 spiro atoms. The highest BCUT2D eigenvalue weighted by molar-refractivity contribution is 6.34. The largest absolute Gasteiger partial charge is 0.480 e. The van der Waals surface area contributed by atoms with Crippen LogP contribution in [0.4, 0.5) is 0 Å². The van der Waals surface area contributed by atoms with Gasteiger partial charge in [0.05, 0.1) is 5.56 Å². The number of carboxylic acid groups (broad SMARTS) is 1. The minimum atomic E-state index is -1.02. The number of carbonyl (C=O) groups is 2. The molecule has 2 rings (SSSR count). The average Bonchev–Trinajstić information content (AvgIpc) is 2.40. The molecule has 1 atom stereocenters. The number of carbonyl (C=O) groups excluding carboxylic acids is 1. The van der Waals surface area contributed by atoms with Crippen molar-refractivity contribution in [3.63, 3.8) is 0 Å². The number of hydrogen-bond donors (Lipinski definition) is 1. The van der Waals surface area contributed by atoms with Gasteiger partial charge in [0.15, 0.2) is 10.3 Å². The molecule has 1 aromatic rings. The minimum absolute atomic E-state index is 0.0386. The Morgan fingerprint density at radius 1 is 1.32 bits per heavy atom. The van der Waals surface area contributed by atoms with Gasteiger partial charge in [-0.2, -0.15) is 0 Å². The summed E-state index contributed by atoms with van der Waals surface area (Å²) in [6.07, 6.45) is 1.98. The minimum Gasteiger partial charge on any atom is -0.480 e. The average molecular weight is 304 g/mol. The topological polar surface area (TPSA) is 83.4 Å². The van der Waals surface area contributed by atoms with Gasteiger partial charge in [0, 0.05) is 6.54 Å². The zero-order valence-corrected chi connectivity index (χ0v) is 11.4. The summed E-state index contributed by atoms with van der Waals surface area (Å²) in [5.74, 6) is -1.49. The van der Waals surface area contributed by atoms with Crippen molar-refractivity contribution in [2.24, 2.45) is 0 Å². The molecule has 1 N–H and O–H groups in total. The Kier molecular flexibility index (Phi) is 4.21. The molecule has 1 aliphatic rings. The normalized spacial score (nSPS) is 19.3. The van der Waals surface area contributed by atoms with E-state index in [1.165, 1.54) is 11.0 Å². The van der Waals surface area contributed by atoms with Crippen molar-refractivity contribution in [3.8, 4) is 0 Å². The predicted molar refractivity (Wildman–Crippen MR) is 68.4 cm³/mol. The number of likely N-dealkylation sites (tertiary alicyclic amines) is 1. The predicted octanol–water partition coefficient (Wildman–Crippen LogP) is 1.86. The van der Waals surface area contributed by atoms with Crippen molar-refractivity contribution in [3.05, 3.63) is 21.9 Å². The first-order chi connectivity index (χ1) is 9.00. The van der Waals surface area contributed by atoms with E-state index in [2.05, 4.69) is 10.2 Å². The van der Waals surface area contributed by atoms with E-state index in [0.717, 1.165) is 12.8 Å². The van der Waals surface area contributed by atoms with E-state index in [0.29, 0.717) is 13.0 Å². The van der Waals surface area contributed by atoms with Gasteiger partial charge in [-0.1, -0.05) is 23.2 Å². The van der Waals surface area contributed by atoms with Crippen molar-refractivity contribution in [2.45, 2.75) is 25.3 Å². The quantitative estimate of drug-likeness (QED) is 0.901. The number of hydrogen-bond acceptors (Lipinski definition) is 4. The zero-order chi connectivity index (χ0) is 14.0. The lowest BCUT2D eigenvalue weighted by atomic mass is 10.0. The molecule has 1 fully saturated rings. The molecule has 1 amide bonds. The summed E-state index contributed by atoms with van der Waals surface area (Å²) in [5, 5.41) is 16.2. The van der Waals surface area contributed by atoms with Crippen molar-refractivity contribution in [1.29, 1.82) is 0 Å². The van der Waals surface area contributed by atoms with E-state index >= 15 is 0 Å². The molecule has 0 aliphatic carbocycles. The number of aliphatic carboxylic acids is 1. The van der Waals surface area contributed by atoms with E-state index in [1.54, 1.807) is 0 Å². The lowest BCUT2D eigenvalue weighted by Crippen LogP contribution is -2.48. The molecule has 6 nitrogen and oxygen atoms in total. The van der Waals surface area contributed by atoms with Crippen LogP contribution in [0.3, 0.4) is 0 Å². The van der Waals surface area contributed by atoms with Crippen LogP contribution >= 0.6 is 23.2 Å². The van der Waals surface area contributed by atoms with Crippen LogP contribution in [-0.4, -0.2) is 44.7 Å². The molecule has 2 heterocycles. The number of piperidine rings is 1. The summed E-state index contributed by atoms with van der Waals surface area (Å²) in [4.78, 5) is 24.8. The van der Waals surface area contributed by atoms with Crippen LogP contribution in [0.1, 0.15) is 29.6 Å². The SMILES string of the molecule is O=C(O)[C@@H]1CCCCN1C(=O)c1cc(Cl)nnc1Cl. The maximum absolute atomic E-state index is 12.3. The van der Waals surface area contributed by atoms with E-state index in [1.807, 2.05) is 0 Å². The third kappa shape index (κ3) is 2.96. The van der Waals surface area contributed by atoms with Crippen LogP contribution in [0, 0.1) is 0 Å². The molecule has 19 heavy (non-hydrogen) atoms. The summed E-state index contributed by atoms with van der Waals surface area (Å²) < 4.78 is 0. The first kappa shape index (κ1) is 14.0. The highest BCUT2D eigenvalue weighted by atomic mass is 35.5. The maximum atomic E-state index is 12.3. The summed E-state index contributed by atoms with van der Waals surface area (Å²) >= 11 is 11.5. The van der Waals surface area contributed by atoms with Gasteiger partial charge in [0.1, 0.15) is 6.04 Å². The Morgan fingerprint density at radius 2 is 2.05 bits per heavy atom. The van der Waals surface area contributed by atoms with Crippen molar-refractivity contribution < 1.29 is 14.7 Å². The van der Waals surface area contributed by atoms with E-state index in [9.17, 15) is 9.59 Å². The van der Waals surface area contributed by atoms with Gasteiger partial charge in [-0.15, -0.1) is 10.2 Å². The van der Waals surface area contributed by atoms with Crippen LogP contribution in [0.2, 0.25) is 10.3 Å². The van der Waals surface area contributed by atoms with Gasteiger partial charge in [0.25, 0.3) is 5.91 Å². The van der Waals surface area contributed by atoms with E-state index in [-0.39, 0.29) is 15.9 Å². The van der Waals surface area contributed by atoms with Gasteiger partial charge in [-0.3, -0.25) is 4.79 Å². The van der Waals surface area contributed by atoms with Crippen molar-refractivity contribution in [2.75, 3.05) is 6.54 Å². The second-order valence-electron chi connectivity index (χ2n) is 4.22. The maximum Gasteiger partial charge on any atom is 0.326 e. The smallest absolute Gasteiger partial charge is 0.326 e. The highest BCUT2D eigenvalue weighted by Crippen LogP contribution is 2.23. The monoisotopic (exact) mass is 303 g/mol. The van der Waals surface area contributed by atoms with Gasteiger partial charge in [0.2, 0.25) is 0 Å². The molecule has 1 aliphatic heterocycles. The number of nitrogens with zero attached hydrogens (tertiary/aromatic N) is 3. The van der Waals surface area contributed by atoms with Crippen LogP contribution in [0.15, 0.2) is 6.07 Å². The number of rotatable bonds is 2. The third-order valence-electron chi connectivity index (χ3n) is 3.00. The summed E-state index contributed by atoms with van der Waals surface area (Å²) in [6, 6.07) is 0.469. The van der Waals surface area contributed by atoms with Gasteiger partial charge >= 0.3 is 5.97 Å². The molecule has 102 valence electrons. The second kappa shape index (κ2) is 5.71. The molecule has 0 radical (unpaired) electrons. The molecule has 0 saturated carbocycles. The number of halogens is 2. The molecule has 1 saturated heterocycles. The molecule has 1 aromatic heterocycles. The fourth-order valence-electron chi connectivity index (χ4n) is 2.09. The fraction of sp³-hybridized carbons (Fsp3) is 0.455. The number of amides is 1. The van der Waals surface area contributed by atoms with E-state index < -0.39 is 17.9 Å². The highest BCUT2D eigenvalue weighted by Gasteiger charge is 2.33. The van der Waals surface area contributed by atoms with Gasteiger partial charge < -0.3 is 10.0 Å². The van der Waals surface area contributed by atoms with Crippen LogP contribution in [0.25, 0.3) is 0 Å². The summed E-state index contributed by atoms with van der Waals surface area (Å²) in [5.41, 5.74) is 0.0785. The molecular formula is C11H11Cl2N3O3. The summed E-state index contributed by atoms with van der Waals surface area (Å²) in [6.45, 7) is 0.381. The number of carboxylic acids is 1. The standard InChI is InChI=1S/C11H11Cl2N3O3/c12-8-5-6(9(13)15-14-8)10(17)16-4-2-1-3-7(16)11(18)19/h5,7H,1-4H2,(H,18,19)/t7-/m0/s1. The second-order valence-corrected chi connectivity index (χ2v) is 4.97. The zero-order valence-electron chi connectivity index (χ0n) is 9.84. The molecule has 0 bridgehead atoms. The van der Waals surface area contributed by atoms with Crippen molar-refractivity contribution in [1.82, 2.24) is 15.1 Å². The molecule has 0 aromatic carbocycles. The lowest BCUT2D eigenvalue weighted by Gasteiger charge is -2.33.